The zero-order chi connectivity index (χ0) is 23.7. The molecule has 3 N–H and O–H groups in total. The van der Waals surface area contributed by atoms with E-state index in [0.717, 1.165) is 6.07 Å². The largest absolute Gasteiger partial charge is 0.324 e. The van der Waals surface area contributed by atoms with Crippen LogP contribution in [-0.2, 0) is 0 Å². The topological polar surface area (TPSA) is 98.7 Å². The van der Waals surface area contributed by atoms with Gasteiger partial charge in [-0.05, 0) is 48.4 Å². The molecular weight excluding hydrogens is 473 g/mol. The lowest BCUT2D eigenvalue weighted by Crippen LogP contribution is -2.14. The molecule has 1 atom stereocenters. The monoisotopic (exact) mass is 488 g/mol. The maximum atomic E-state index is 15.0. The number of nitrogens with two attached hydrogens (primary N) is 1. The van der Waals surface area contributed by atoms with Crippen LogP contribution in [0.25, 0.3) is 16.9 Å². The lowest BCUT2D eigenvalue weighted by Gasteiger charge is -2.15. The van der Waals surface area contributed by atoms with Crippen LogP contribution in [0.15, 0.2) is 55.0 Å². The van der Waals surface area contributed by atoms with Crippen molar-refractivity contribution in [2.45, 2.75) is 13.0 Å². The lowest BCUT2D eigenvalue weighted by atomic mass is 9.94. The van der Waals surface area contributed by atoms with Gasteiger partial charge in [-0.15, -0.1) is 4.80 Å². The van der Waals surface area contributed by atoms with Crippen LogP contribution >= 0.6 is 23.2 Å². The highest BCUT2D eigenvalue weighted by Crippen LogP contribution is 2.34. The molecule has 4 rings (SSSR count). The number of aromatic nitrogens is 4. The van der Waals surface area contributed by atoms with Gasteiger partial charge in [-0.2, -0.15) is 10.2 Å². The van der Waals surface area contributed by atoms with Crippen molar-refractivity contribution in [1.29, 1.82) is 0 Å². The number of pyridine rings is 1. The molecule has 0 spiro atoms. The third-order valence-electron chi connectivity index (χ3n) is 4.78. The van der Waals surface area contributed by atoms with Crippen molar-refractivity contribution in [2.75, 3.05) is 5.32 Å². The van der Waals surface area contributed by atoms with Crippen molar-refractivity contribution in [3.63, 3.8) is 0 Å². The van der Waals surface area contributed by atoms with Gasteiger partial charge in [0.25, 0.3) is 5.91 Å². The zero-order valence-electron chi connectivity index (χ0n) is 17.1. The number of hydrogen-bond donors (Lipinski definition) is 2. The van der Waals surface area contributed by atoms with E-state index in [9.17, 15) is 9.18 Å². The van der Waals surface area contributed by atoms with E-state index in [4.69, 9.17) is 28.9 Å². The molecule has 1 unspecified atom stereocenters. The molecule has 33 heavy (non-hydrogen) atoms. The van der Waals surface area contributed by atoms with Crippen LogP contribution in [-0.4, -0.2) is 25.9 Å². The van der Waals surface area contributed by atoms with E-state index in [0.29, 0.717) is 11.1 Å². The van der Waals surface area contributed by atoms with Crippen LogP contribution in [0, 0.1) is 11.6 Å². The Balaban J connectivity index is 1.63. The molecular formula is C22H16Cl2F2N6O. The molecule has 2 heterocycles. The van der Waals surface area contributed by atoms with Crippen LogP contribution in [0.1, 0.15) is 28.9 Å². The van der Waals surface area contributed by atoms with Crippen LogP contribution in [0.2, 0.25) is 10.0 Å². The number of benzene rings is 2. The minimum atomic E-state index is -0.714. The van der Waals surface area contributed by atoms with Gasteiger partial charge in [0.2, 0.25) is 0 Å². The SMILES string of the molecule is CC(N)c1cc(F)ccc1-c1cc(Cl)c(C(=O)Nc2cnc(-n3nccn3)c(Cl)c2)cc1F. The number of rotatable bonds is 5. The van der Waals surface area contributed by atoms with E-state index >= 15 is 4.39 Å². The third kappa shape index (κ3) is 4.70. The predicted octanol–water partition coefficient (Wildman–Crippen LogP) is 5.19. The first-order valence-electron chi connectivity index (χ1n) is 9.62. The minimum Gasteiger partial charge on any atom is -0.324 e. The molecule has 2 aromatic heterocycles. The van der Waals surface area contributed by atoms with Crippen molar-refractivity contribution in [3.8, 4) is 16.9 Å². The molecule has 0 aliphatic heterocycles. The second-order valence-electron chi connectivity index (χ2n) is 7.13. The van der Waals surface area contributed by atoms with Crippen molar-refractivity contribution < 1.29 is 13.6 Å². The molecule has 0 bridgehead atoms. The summed E-state index contributed by atoms with van der Waals surface area (Å²) in [5.41, 5.74) is 6.98. The van der Waals surface area contributed by atoms with Crippen molar-refractivity contribution in [2.24, 2.45) is 5.73 Å². The smallest absolute Gasteiger partial charge is 0.257 e. The summed E-state index contributed by atoms with van der Waals surface area (Å²) in [4.78, 5) is 18.1. The summed E-state index contributed by atoms with van der Waals surface area (Å²) in [5.74, 6) is -1.60. The number of nitrogens with zero attached hydrogens (tertiary/aromatic N) is 4. The molecule has 0 fully saturated rings. The molecule has 0 saturated heterocycles. The Morgan fingerprint density at radius 3 is 2.45 bits per heavy atom. The third-order valence-corrected chi connectivity index (χ3v) is 5.37. The maximum absolute atomic E-state index is 15.0. The lowest BCUT2D eigenvalue weighted by molar-refractivity contribution is 0.102. The molecule has 7 nitrogen and oxygen atoms in total. The molecule has 4 aromatic rings. The minimum absolute atomic E-state index is 0.000247. The first-order valence-corrected chi connectivity index (χ1v) is 10.4. The Bertz CT molecular complexity index is 1350. The highest BCUT2D eigenvalue weighted by molar-refractivity contribution is 6.35. The quantitative estimate of drug-likeness (QED) is 0.402. The summed E-state index contributed by atoms with van der Waals surface area (Å²) in [7, 11) is 0. The fourth-order valence-electron chi connectivity index (χ4n) is 3.25. The van der Waals surface area contributed by atoms with Gasteiger partial charge in [-0.1, -0.05) is 29.3 Å². The zero-order valence-corrected chi connectivity index (χ0v) is 18.6. The summed E-state index contributed by atoms with van der Waals surface area (Å²) in [6, 6.07) is 7.10. The highest BCUT2D eigenvalue weighted by Gasteiger charge is 2.20. The first kappa shape index (κ1) is 22.8. The summed E-state index contributed by atoms with van der Waals surface area (Å²) in [5, 5.41) is 10.7. The molecule has 0 aliphatic carbocycles. The molecule has 11 heteroatoms. The second-order valence-corrected chi connectivity index (χ2v) is 7.95. The molecule has 0 saturated carbocycles. The molecule has 0 radical (unpaired) electrons. The number of nitrogens with one attached hydrogen (secondary N) is 1. The summed E-state index contributed by atoms with van der Waals surface area (Å²) >= 11 is 12.5. The van der Waals surface area contributed by atoms with Crippen LogP contribution in [0.5, 0.6) is 0 Å². The molecule has 2 aromatic carbocycles. The summed E-state index contributed by atoms with van der Waals surface area (Å²) in [6.45, 7) is 1.66. The summed E-state index contributed by atoms with van der Waals surface area (Å²) < 4.78 is 28.7. The standard InChI is InChI=1S/C22H16Cl2F2N6O/c1-11(27)15-6-12(25)2-3-14(15)16-8-18(23)17(9-20(16)26)22(33)31-13-7-19(24)21(28-10-13)32-29-4-5-30-32/h2-11H,27H2,1H3,(H,31,33). The average Bonchev–Trinajstić information content (AvgIpc) is 3.29. The van der Waals surface area contributed by atoms with E-state index in [1.165, 1.54) is 53.7 Å². The Morgan fingerprint density at radius 2 is 1.79 bits per heavy atom. The van der Waals surface area contributed by atoms with Crippen LogP contribution in [0.4, 0.5) is 14.5 Å². The Hall–Kier alpha value is -3.40. The summed E-state index contributed by atoms with van der Waals surface area (Å²) in [6.07, 6.45) is 4.29. The van der Waals surface area contributed by atoms with Gasteiger partial charge < -0.3 is 11.1 Å². The van der Waals surface area contributed by atoms with Gasteiger partial charge in [-0.25, -0.2) is 13.8 Å². The number of carbonyl (C=O) groups excluding carboxylic acids is 1. The van der Waals surface area contributed by atoms with Gasteiger partial charge in [0.05, 0.1) is 39.9 Å². The normalized spacial score (nSPS) is 11.9. The Morgan fingerprint density at radius 1 is 1.06 bits per heavy atom. The number of amides is 1. The van der Waals surface area contributed by atoms with Crippen molar-refractivity contribution >= 4 is 34.8 Å². The van der Waals surface area contributed by atoms with Gasteiger partial charge in [-0.3, -0.25) is 4.79 Å². The second kappa shape index (κ2) is 9.22. The molecule has 168 valence electrons. The number of halogens is 4. The molecule has 1 amide bonds. The predicted molar refractivity (Wildman–Crippen MR) is 122 cm³/mol. The number of hydrogen-bond acceptors (Lipinski definition) is 5. The van der Waals surface area contributed by atoms with Gasteiger partial charge in [0.15, 0.2) is 5.82 Å². The maximum Gasteiger partial charge on any atom is 0.257 e. The first-order chi connectivity index (χ1) is 15.7. The highest BCUT2D eigenvalue weighted by atomic mass is 35.5. The van der Waals surface area contributed by atoms with Crippen molar-refractivity contribution in [3.05, 3.63) is 87.8 Å². The molecule has 0 aliphatic rings. The number of anilines is 1. The van der Waals surface area contributed by atoms with Crippen molar-refractivity contribution in [1.82, 2.24) is 20.0 Å². The van der Waals surface area contributed by atoms with E-state index in [-0.39, 0.29) is 32.7 Å². The van der Waals surface area contributed by atoms with Crippen LogP contribution < -0.4 is 11.1 Å². The fourth-order valence-corrected chi connectivity index (χ4v) is 3.74. The van der Waals surface area contributed by atoms with E-state index < -0.39 is 23.6 Å². The average molecular weight is 489 g/mol. The van der Waals surface area contributed by atoms with Gasteiger partial charge in [0.1, 0.15) is 11.6 Å². The van der Waals surface area contributed by atoms with E-state index in [1.807, 2.05) is 0 Å². The van der Waals surface area contributed by atoms with Crippen LogP contribution in [0.3, 0.4) is 0 Å². The van der Waals surface area contributed by atoms with Gasteiger partial charge >= 0.3 is 0 Å². The Kier molecular flexibility index (Phi) is 6.37. The fraction of sp³-hybridized carbons (Fsp3) is 0.0909. The Labute approximate surface area is 197 Å². The number of carbonyl (C=O) groups is 1. The van der Waals surface area contributed by atoms with Gasteiger partial charge in [0, 0.05) is 11.6 Å². The van der Waals surface area contributed by atoms with E-state index in [2.05, 4.69) is 20.5 Å². The van der Waals surface area contributed by atoms with E-state index in [1.54, 1.807) is 6.92 Å².